The lowest BCUT2D eigenvalue weighted by Crippen LogP contribution is -2.27. The number of amides is 1. The molecule has 0 radical (unpaired) electrons. The Kier molecular flexibility index (Phi) is 3.47. The predicted octanol–water partition coefficient (Wildman–Crippen LogP) is 1.06. The highest BCUT2D eigenvalue weighted by molar-refractivity contribution is 5.95. The highest BCUT2D eigenvalue weighted by atomic mass is 16.3. The molecule has 94 valence electrons. The Morgan fingerprint density at radius 1 is 1.65 bits per heavy atom. The molecule has 1 aromatic heterocycles. The molecule has 0 spiro atoms. The second kappa shape index (κ2) is 4.87. The summed E-state index contributed by atoms with van der Waals surface area (Å²) in [5.41, 5.74) is 1.71. The Balaban J connectivity index is 2.24. The fourth-order valence-corrected chi connectivity index (χ4v) is 1.99. The first kappa shape index (κ1) is 12.1. The van der Waals surface area contributed by atoms with Crippen LogP contribution in [0.15, 0.2) is 6.20 Å². The SMILES string of the molecule is CC(C)n1ncc(C(=O)NCCO)c1C1CC1. The summed E-state index contributed by atoms with van der Waals surface area (Å²) in [6.07, 6.45) is 3.91. The molecule has 1 fully saturated rings. The van der Waals surface area contributed by atoms with Crippen molar-refractivity contribution in [3.63, 3.8) is 0 Å². The third-order valence-corrected chi connectivity index (χ3v) is 2.93. The molecule has 0 unspecified atom stereocenters. The Bertz CT molecular complexity index is 408. The molecule has 1 amide bonds. The second-order valence-corrected chi connectivity index (χ2v) is 4.74. The average molecular weight is 237 g/mol. The molecule has 17 heavy (non-hydrogen) atoms. The molecular weight excluding hydrogens is 218 g/mol. The Hall–Kier alpha value is -1.36. The molecule has 0 bridgehead atoms. The number of hydrogen-bond acceptors (Lipinski definition) is 3. The fourth-order valence-electron chi connectivity index (χ4n) is 1.99. The molecule has 1 heterocycles. The number of carbonyl (C=O) groups is 1. The van der Waals surface area contributed by atoms with Gasteiger partial charge in [-0.1, -0.05) is 0 Å². The lowest BCUT2D eigenvalue weighted by molar-refractivity contribution is 0.0943. The molecule has 0 aromatic carbocycles. The number of hydrogen-bond donors (Lipinski definition) is 2. The van der Waals surface area contributed by atoms with E-state index >= 15 is 0 Å². The minimum atomic E-state index is -0.132. The molecule has 0 saturated heterocycles. The number of rotatable bonds is 5. The third-order valence-electron chi connectivity index (χ3n) is 2.93. The smallest absolute Gasteiger partial charge is 0.254 e. The summed E-state index contributed by atoms with van der Waals surface area (Å²) >= 11 is 0. The maximum Gasteiger partial charge on any atom is 0.254 e. The van der Waals surface area contributed by atoms with Gasteiger partial charge in [0.05, 0.1) is 24.1 Å². The van der Waals surface area contributed by atoms with Crippen molar-refractivity contribution in [1.82, 2.24) is 15.1 Å². The fraction of sp³-hybridized carbons (Fsp3) is 0.667. The second-order valence-electron chi connectivity index (χ2n) is 4.74. The maximum absolute atomic E-state index is 11.9. The van der Waals surface area contributed by atoms with Gasteiger partial charge < -0.3 is 10.4 Å². The van der Waals surface area contributed by atoms with Crippen LogP contribution in [0.2, 0.25) is 0 Å². The molecule has 1 aromatic rings. The number of nitrogens with one attached hydrogen (secondary N) is 1. The lowest BCUT2D eigenvalue weighted by atomic mass is 10.1. The largest absolute Gasteiger partial charge is 0.395 e. The van der Waals surface area contributed by atoms with E-state index in [9.17, 15) is 4.79 Å². The number of aromatic nitrogens is 2. The van der Waals surface area contributed by atoms with Gasteiger partial charge in [0, 0.05) is 18.5 Å². The minimum Gasteiger partial charge on any atom is -0.395 e. The Labute approximate surface area is 101 Å². The van der Waals surface area contributed by atoms with Crippen LogP contribution >= 0.6 is 0 Å². The molecule has 2 rings (SSSR count). The first-order chi connectivity index (χ1) is 8.15. The summed E-state index contributed by atoms with van der Waals surface area (Å²) in [6, 6.07) is 0.269. The zero-order chi connectivity index (χ0) is 12.4. The zero-order valence-electron chi connectivity index (χ0n) is 10.3. The van der Waals surface area contributed by atoms with Crippen molar-refractivity contribution < 1.29 is 9.90 Å². The van der Waals surface area contributed by atoms with Gasteiger partial charge in [-0.3, -0.25) is 9.48 Å². The van der Waals surface area contributed by atoms with Gasteiger partial charge >= 0.3 is 0 Å². The van der Waals surface area contributed by atoms with Crippen LogP contribution in [-0.2, 0) is 0 Å². The number of carbonyl (C=O) groups excluding carboxylic acids is 1. The molecule has 5 heteroatoms. The summed E-state index contributed by atoms with van der Waals surface area (Å²) < 4.78 is 1.94. The van der Waals surface area contributed by atoms with Crippen LogP contribution in [0, 0.1) is 0 Å². The van der Waals surface area contributed by atoms with Crippen molar-refractivity contribution >= 4 is 5.91 Å². The van der Waals surface area contributed by atoms with Gasteiger partial charge in [-0.25, -0.2) is 0 Å². The first-order valence-electron chi connectivity index (χ1n) is 6.11. The van der Waals surface area contributed by atoms with E-state index in [1.54, 1.807) is 6.20 Å². The normalized spacial score (nSPS) is 15.3. The predicted molar refractivity (Wildman–Crippen MR) is 64.0 cm³/mol. The number of aliphatic hydroxyl groups is 1. The highest BCUT2D eigenvalue weighted by Crippen LogP contribution is 2.42. The van der Waals surface area contributed by atoms with Crippen molar-refractivity contribution in [2.75, 3.05) is 13.2 Å². The van der Waals surface area contributed by atoms with Gasteiger partial charge in [0.1, 0.15) is 0 Å². The minimum absolute atomic E-state index is 0.0389. The monoisotopic (exact) mass is 237 g/mol. The van der Waals surface area contributed by atoms with E-state index in [0.717, 1.165) is 18.5 Å². The van der Waals surface area contributed by atoms with Crippen molar-refractivity contribution in [3.05, 3.63) is 17.5 Å². The van der Waals surface area contributed by atoms with Crippen molar-refractivity contribution in [1.29, 1.82) is 0 Å². The molecule has 2 N–H and O–H groups in total. The third kappa shape index (κ3) is 2.49. The van der Waals surface area contributed by atoms with Gasteiger partial charge in [0.25, 0.3) is 5.91 Å². The van der Waals surface area contributed by atoms with Crippen LogP contribution < -0.4 is 5.32 Å². The van der Waals surface area contributed by atoms with Gasteiger partial charge in [0.15, 0.2) is 0 Å². The van der Waals surface area contributed by atoms with Crippen LogP contribution in [0.3, 0.4) is 0 Å². The highest BCUT2D eigenvalue weighted by Gasteiger charge is 2.32. The number of nitrogens with zero attached hydrogens (tertiary/aromatic N) is 2. The number of aliphatic hydroxyl groups excluding tert-OH is 1. The van der Waals surface area contributed by atoms with E-state index in [1.165, 1.54) is 0 Å². The molecule has 5 nitrogen and oxygen atoms in total. The zero-order valence-corrected chi connectivity index (χ0v) is 10.3. The first-order valence-corrected chi connectivity index (χ1v) is 6.11. The van der Waals surface area contributed by atoms with Gasteiger partial charge in [-0.2, -0.15) is 5.10 Å². The van der Waals surface area contributed by atoms with E-state index in [1.807, 2.05) is 4.68 Å². The Morgan fingerprint density at radius 3 is 2.88 bits per heavy atom. The van der Waals surface area contributed by atoms with E-state index in [0.29, 0.717) is 11.5 Å². The van der Waals surface area contributed by atoms with Crippen LogP contribution in [0.1, 0.15) is 54.7 Å². The van der Waals surface area contributed by atoms with E-state index < -0.39 is 0 Å². The summed E-state index contributed by atoms with van der Waals surface area (Å²) in [5, 5.41) is 15.7. The van der Waals surface area contributed by atoms with Crippen LogP contribution in [-0.4, -0.2) is 33.9 Å². The van der Waals surface area contributed by atoms with Gasteiger partial charge in [-0.15, -0.1) is 0 Å². The lowest BCUT2D eigenvalue weighted by Gasteiger charge is -2.11. The molecule has 1 aliphatic carbocycles. The molecule has 1 aliphatic rings. The Morgan fingerprint density at radius 2 is 2.35 bits per heavy atom. The molecule has 1 saturated carbocycles. The average Bonchev–Trinajstić information content (AvgIpc) is 3.04. The van der Waals surface area contributed by atoms with E-state index in [4.69, 9.17) is 5.11 Å². The maximum atomic E-state index is 11.9. The summed E-state index contributed by atoms with van der Waals surface area (Å²) in [7, 11) is 0. The van der Waals surface area contributed by atoms with E-state index in [2.05, 4.69) is 24.3 Å². The topological polar surface area (TPSA) is 67.2 Å². The molecule has 0 aliphatic heterocycles. The van der Waals surface area contributed by atoms with Crippen LogP contribution in [0.4, 0.5) is 0 Å². The van der Waals surface area contributed by atoms with Gasteiger partial charge in [0.2, 0.25) is 0 Å². The molecular formula is C12H19N3O2. The summed E-state index contributed by atoms with van der Waals surface area (Å²) in [4.78, 5) is 11.9. The van der Waals surface area contributed by atoms with Crippen LogP contribution in [0.25, 0.3) is 0 Å². The molecule has 0 atom stereocenters. The summed E-state index contributed by atoms with van der Waals surface area (Å²) in [6.45, 7) is 4.38. The van der Waals surface area contributed by atoms with E-state index in [-0.39, 0.29) is 25.1 Å². The van der Waals surface area contributed by atoms with Crippen LogP contribution in [0.5, 0.6) is 0 Å². The van der Waals surface area contributed by atoms with Gasteiger partial charge in [-0.05, 0) is 26.7 Å². The van der Waals surface area contributed by atoms with Crippen molar-refractivity contribution in [3.8, 4) is 0 Å². The van der Waals surface area contributed by atoms with Crippen molar-refractivity contribution in [2.24, 2.45) is 0 Å². The summed E-state index contributed by atoms with van der Waals surface area (Å²) in [5.74, 6) is 0.350. The quantitative estimate of drug-likeness (QED) is 0.804. The van der Waals surface area contributed by atoms with Crippen molar-refractivity contribution in [2.45, 2.75) is 38.6 Å². The standard InChI is InChI=1S/C12H19N3O2/c1-8(2)15-11(9-3-4-9)10(7-14-15)12(17)13-5-6-16/h7-9,16H,3-6H2,1-2H3,(H,13,17).